The van der Waals surface area contributed by atoms with Gasteiger partial charge in [0.1, 0.15) is 12.4 Å². The molecule has 39 heavy (non-hydrogen) atoms. The first-order chi connectivity index (χ1) is 18.9. The molecule has 0 bridgehead atoms. The highest BCUT2D eigenvalue weighted by atomic mass is 32.2. The molecule has 1 saturated heterocycles. The van der Waals surface area contributed by atoms with Crippen LogP contribution in [0.2, 0.25) is 0 Å². The summed E-state index contributed by atoms with van der Waals surface area (Å²) in [5.41, 5.74) is 5.62. The minimum Gasteiger partial charge on any atom is -0.497 e. The number of hydrazine groups is 1. The maximum atomic E-state index is 13.2. The van der Waals surface area contributed by atoms with Gasteiger partial charge in [0.05, 0.1) is 18.6 Å². The average Bonchev–Trinajstić information content (AvgIpc) is 3.20. The normalized spacial score (nSPS) is 13.9. The summed E-state index contributed by atoms with van der Waals surface area (Å²) in [4.78, 5) is 26.3. The second-order valence-corrected chi connectivity index (χ2v) is 10.1. The van der Waals surface area contributed by atoms with Gasteiger partial charge in [0.15, 0.2) is 15.8 Å². The van der Waals surface area contributed by atoms with Crippen molar-refractivity contribution < 1.29 is 23.8 Å². The molecule has 0 radical (unpaired) electrons. The molecule has 2 amide bonds. The number of carbonyl (C=O) groups excluding carboxylic acids is 2. The first kappa shape index (κ1) is 27.9. The van der Waals surface area contributed by atoms with Crippen LogP contribution in [-0.4, -0.2) is 34.9 Å². The van der Waals surface area contributed by atoms with Crippen molar-refractivity contribution in [3.63, 3.8) is 0 Å². The third kappa shape index (κ3) is 6.87. The number of nitrogens with zero attached hydrogens (tertiary/aromatic N) is 1. The van der Waals surface area contributed by atoms with Gasteiger partial charge in [0.2, 0.25) is 0 Å². The van der Waals surface area contributed by atoms with Crippen molar-refractivity contribution in [3.8, 4) is 17.2 Å². The van der Waals surface area contributed by atoms with Gasteiger partial charge < -0.3 is 14.2 Å². The highest BCUT2D eigenvalue weighted by molar-refractivity contribution is 8.26. The number of benzene rings is 3. The summed E-state index contributed by atoms with van der Waals surface area (Å²) in [5, 5.41) is 1.09. The van der Waals surface area contributed by atoms with Crippen LogP contribution in [0.15, 0.2) is 84.3 Å². The first-order valence-electron chi connectivity index (χ1n) is 12.2. The molecule has 200 valence electrons. The summed E-state index contributed by atoms with van der Waals surface area (Å²) in [6.45, 7) is 6.61. The van der Waals surface area contributed by atoms with E-state index in [-0.39, 0.29) is 4.32 Å². The van der Waals surface area contributed by atoms with Crippen LogP contribution in [0.25, 0.3) is 6.08 Å². The van der Waals surface area contributed by atoms with E-state index in [1.165, 1.54) is 0 Å². The van der Waals surface area contributed by atoms with E-state index in [9.17, 15) is 9.59 Å². The maximum absolute atomic E-state index is 13.2. The third-order valence-electron chi connectivity index (χ3n) is 5.70. The monoisotopic (exact) mass is 560 g/mol. The lowest BCUT2D eigenvalue weighted by Gasteiger charge is -2.17. The van der Waals surface area contributed by atoms with Gasteiger partial charge in [0, 0.05) is 11.1 Å². The summed E-state index contributed by atoms with van der Waals surface area (Å²) < 4.78 is 17.5. The van der Waals surface area contributed by atoms with E-state index in [1.54, 1.807) is 43.5 Å². The number of nitrogens with one attached hydrogen (secondary N) is 1. The van der Waals surface area contributed by atoms with Crippen molar-refractivity contribution in [2.45, 2.75) is 20.0 Å². The van der Waals surface area contributed by atoms with Crippen molar-refractivity contribution in [2.24, 2.45) is 0 Å². The smallest absolute Gasteiger partial charge is 0.285 e. The number of ether oxygens (including phenoxy) is 3. The molecule has 0 atom stereocenters. The van der Waals surface area contributed by atoms with E-state index < -0.39 is 11.8 Å². The van der Waals surface area contributed by atoms with Crippen molar-refractivity contribution in [1.82, 2.24) is 10.4 Å². The van der Waals surface area contributed by atoms with E-state index in [2.05, 4.69) is 12.0 Å². The Kier molecular flexibility index (Phi) is 9.40. The van der Waals surface area contributed by atoms with Gasteiger partial charge in [0.25, 0.3) is 11.8 Å². The predicted molar refractivity (Wildman–Crippen MR) is 158 cm³/mol. The fourth-order valence-electron chi connectivity index (χ4n) is 3.85. The van der Waals surface area contributed by atoms with Gasteiger partial charge in [-0.05, 0) is 79.2 Å². The summed E-state index contributed by atoms with van der Waals surface area (Å²) >= 11 is 6.50. The van der Waals surface area contributed by atoms with Gasteiger partial charge in [-0.2, -0.15) is 5.01 Å². The Hall–Kier alpha value is -4.08. The van der Waals surface area contributed by atoms with Crippen LogP contribution < -0.4 is 19.6 Å². The number of hydrogen-bond donors (Lipinski definition) is 1. The van der Waals surface area contributed by atoms with Crippen molar-refractivity contribution in [3.05, 3.63) is 107 Å². The summed E-state index contributed by atoms with van der Waals surface area (Å²) in [7, 11) is 1.55. The zero-order valence-corrected chi connectivity index (χ0v) is 23.3. The molecule has 1 aliphatic heterocycles. The van der Waals surface area contributed by atoms with E-state index in [1.807, 2.05) is 49.4 Å². The minimum absolute atomic E-state index is 0.229. The molecule has 0 spiro atoms. The molecule has 0 saturated carbocycles. The van der Waals surface area contributed by atoms with Gasteiger partial charge >= 0.3 is 0 Å². The molecule has 3 aromatic rings. The summed E-state index contributed by atoms with van der Waals surface area (Å²) in [6, 6.07) is 20.2. The molecular formula is C30H28N2O5S2. The van der Waals surface area contributed by atoms with Crippen molar-refractivity contribution in [2.75, 3.05) is 13.7 Å². The van der Waals surface area contributed by atoms with Crippen LogP contribution in [0.5, 0.6) is 17.2 Å². The van der Waals surface area contributed by atoms with Crippen LogP contribution in [0.3, 0.4) is 0 Å². The molecule has 3 aromatic carbocycles. The van der Waals surface area contributed by atoms with Crippen LogP contribution in [0, 0.1) is 0 Å². The first-order valence-corrected chi connectivity index (χ1v) is 13.5. The highest BCUT2D eigenvalue weighted by Crippen LogP contribution is 2.37. The largest absolute Gasteiger partial charge is 0.497 e. The van der Waals surface area contributed by atoms with E-state index in [4.69, 9.17) is 26.4 Å². The van der Waals surface area contributed by atoms with Crippen LogP contribution >= 0.6 is 24.0 Å². The Morgan fingerprint density at radius 3 is 2.51 bits per heavy atom. The molecule has 4 rings (SSSR count). The zero-order valence-electron chi connectivity index (χ0n) is 21.6. The van der Waals surface area contributed by atoms with Gasteiger partial charge in [-0.3, -0.25) is 15.0 Å². The number of thioether (sulfide) groups is 1. The number of allylic oxidation sites excluding steroid dienone is 1. The lowest BCUT2D eigenvalue weighted by Crippen LogP contribution is -2.44. The SMILES string of the molecule is C=CCc1cc(/C=C2\SC(=S)N(NC(=O)c3ccc(OC)cc3)C2=O)cc(OCC)c1OCc1ccccc1. The molecule has 1 aliphatic rings. The van der Waals surface area contributed by atoms with Gasteiger partial charge in [-0.25, -0.2) is 0 Å². The number of thiocarbonyl (C=S) groups is 1. The van der Waals surface area contributed by atoms with Crippen molar-refractivity contribution in [1.29, 1.82) is 0 Å². The summed E-state index contributed by atoms with van der Waals surface area (Å²) in [6.07, 6.45) is 4.07. The molecule has 1 N–H and O–H groups in total. The molecule has 1 fully saturated rings. The average molecular weight is 561 g/mol. The Balaban J connectivity index is 1.57. The molecule has 7 nitrogen and oxygen atoms in total. The number of hydrogen-bond acceptors (Lipinski definition) is 7. The molecule has 0 unspecified atom stereocenters. The number of carbonyl (C=O) groups is 2. The second-order valence-electron chi connectivity index (χ2n) is 8.39. The van der Waals surface area contributed by atoms with Crippen molar-refractivity contribution >= 4 is 46.2 Å². The Morgan fingerprint density at radius 1 is 1.10 bits per heavy atom. The number of rotatable bonds is 11. The predicted octanol–water partition coefficient (Wildman–Crippen LogP) is 5.95. The van der Waals surface area contributed by atoms with E-state index in [0.29, 0.717) is 47.4 Å². The second kappa shape index (κ2) is 13.1. The highest BCUT2D eigenvalue weighted by Gasteiger charge is 2.34. The molecule has 0 aromatic heterocycles. The molecule has 9 heteroatoms. The van der Waals surface area contributed by atoms with Crippen LogP contribution in [0.1, 0.15) is 34.0 Å². The zero-order chi connectivity index (χ0) is 27.8. The van der Waals surface area contributed by atoms with Gasteiger partial charge in [-0.15, -0.1) is 6.58 Å². The quantitative estimate of drug-likeness (QED) is 0.177. The Bertz CT molecular complexity index is 1400. The lowest BCUT2D eigenvalue weighted by atomic mass is 10.0. The Morgan fingerprint density at radius 2 is 1.85 bits per heavy atom. The fraction of sp³-hybridized carbons (Fsp3) is 0.167. The van der Waals surface area contributed by atoms with E-state index >= 15 is 0 Å². The third-order valence-corrected chi connectivity index (χ3v) is 7.00. The van der Waals surface area contributed by atoms with Crippen LogP contribution in [-0.2, 0) is 17.8 Å². The summed E-state index contributed by atoms with van der Waals surface area (Å²) in [5.74, 6) is 0.958. The lowest BCUT2D eigenvalue weighted by molar-refractivity contribution is -0.123. The minimum atomic E-state index is -0.456. The topological polar surface area (TPSA) is 77.1 Å². The number of amides is 2. The van der Waals surface area contributed by atoms with Gasteiger partial charge in [-0.1, -0.05) is 48.2 Å². The standard InChI is InChI=1S/C30H28N2O5S2/c1-4-9-23-16-21(17-25(36-5-2)27(23)37-19-20-10-7-6-8-11-20)18-26-29(34)32(30(38)39-26)31-28(33)22-12-14-24(35-3)15-13-22/h4,6-8,10-18H,1,5,9,19H2,2-3H3,(H,31,33)/b26-18-. The molecular weight excluding hydrogens is 532 g/mol. The number of methoxy groups -OCH3 is 1. The molecule has 0 aliphatic carbocycles. The fourth-order valence-corrected chi connectivity index (χ4v) is 5.03. The van der Waals surface area contributed by atoms with Crippen LogP contribution in [0.4, 0.5) is 0 Å². The Labute approximate surface area is 237 Å². The molecule has 1 heterocycles. The van der Waals surface area contributed by atoms with E-state index in [0.717, 1.165) is 33.5 Å². The maximum Gasteiger partial charge on any atom is 0.285 e.